The van der Waals surface area contributed by atoms with Crippen molar-refractivity contribution in [1.82, 2.24) is 14.5 Å². The molecule has 3 aliphatic heterocycles. The molecule has 3 rings (SSSR count). The lowest BCUT2D eigenvalue weighted by Gasteiger charge is -2.55. The summed E-state index contributed by atoms with van der Waals surface area (Å²) in [5, 5.41) is 3.01. The first-order chi connectivity index (χ1) is 7.61. The number of amides is 2. The van der Waals surface area contributed by atoms with E-state index in [0.29, 0.717) is 18.0 Å². The molecule has 3 aliphatic rings. The predicted molar refractivity (Wildman–Crippen MR) is 67.4 cm³/mol. The van der Waals surface area contributed by atoms with Crippen molar-refractivity contribution < 1.29 is 4.79 Å². The molecule has 3 heterocycles. The minimum atomic E-state index is 0.135. The van der Waals surface area contributed by atoms with Crippen LogP contribution in [0.4, 0.5) is 4.79 Å². The first kappa shape index (κ1) is 12.0. The van der Waals surface area contributed by atoms with Crippen LogP contribution in [0.25, 0.3) is 0 Å². The summed E-state index contributed by atoms with van der Waals surface area (Å²) in [5.74, 6) is 0.521. The Balaban J connectivity index is 1.82. The fraction of sp³-hybridized carbons (Fsp3) is 0.909. The zero-order valence-corrected chi connectivity index (χ0v) is 11.1. The summed E-state index contributed by atoms with van der Waals surface area (Å²) in [6.07, 6.45) is 3.29. The van der Waals surface area contributed by atoms with Crippen LogP contribution in [0.1, 0.15) is 20.3 Å². The molecule has 0 aliphatic carbocycles. The summed E-state index contributed by atoms with van der Waals surface area (Å²) < 4.78 is 2.35. The zero-order chi connectivity index (χ0) is 11.7. The van der Waals surface area contributed by atoms with Gasteiger partial charge in [0.1, 0.15) is 0 Å². The van der Waals surface area contributed by atoms with E-state index in [4.69, 9.17) is 0 Å². The molecule has 0 spiro atoms. The lowest BCUT2D eigenvalue weighted by Crippen LogP contribution is -2.70. The number of rotatable bonds is 3. The molecule has 92 valence electrons. The molecule has 0 saturated carbocycles. The molecule has 3 saturated heterocycles. The summed E-state index contributed by atoms with van der Waals surface area (Å²) in [6.45, 7) is 7.06. The van der Waals surface area contributed by atoms with Crippen molar-refractivity contribution in [3.63, 3.8) is 0 Å². The van der Waals surface area contributed by atoms with Gasteiger partial charge in [0.05, 0.1) is 0 Å². The maximum Gasteiger partial charge on any atom is 0.318 e. The van der Waals surface area contributed by atoms with Crippen molar-refractivity contribution in [2.75, 3.05) is 25.9 Å². The Hall–Kier alpha value is -0.420. The van der Waals surface area contributed by atoms with Crippen molar-refractivity contribution in [2.45, 2.75) is 32.4 Å². The Labute approximate surface area is 102 Å². The van der Waals surface area contributed by atoms with Gasteiger partial charge in [0.25, 0.3) is 0 Å². The van der Waals surface area contributed by atoms with Gasteiger partial charge in [-0.25, -0.2) is 9.10 Å². The van der Waals surface area contributed by atoms with Gasteiger partial charge < -0.3 is 10.2 Å². The van der Waals surface area contributed by atoms with E-state index in [1.165, 1.54) is 6.42 Å². The third-order valence-electron chi connectivity index (χ3n) is 3.31. The van der Waals surface area contributed by atoms with E-state index in [0.717, 1.165) is 19.6 Å². The second-order valence-electron chi connectivity index (χ2n) is 5.06. The second-order valence-corrected chi connectivity index (χ2v) is 5.94. The fourth-order valence-electron chi connectivity index (χ4n) is 2.43. The van der Waals surface area contributed by atoms with Gasteiger partial charge in [-0.15, -0.1) is 0 Å². The molecule has 0 aromatic heterocycles. The molecule has 2 amide bonds. The largest absolute Gasteiger partial charge is 0.338 e. The number of hydrogen-bond acceptors (Lipinski definition) is 3. The lowest BCUT2D eigenvalue weighted by molar-refractivity contribution is -0.00397. The molecule has 0 aromatic rings. The Morgan fingerprint density at radius 2 is 2.06 bits per heavy atom. The van der Waals surface area contributed by atoms with Crippen LogP contribution < -0.4 is 5.32 Å². The average molecular weight is 243 g/mol. The Morgan fingerprint density at radius 1 is 1.44 bits per heavy atom. The van der Waals surface area contributed by atoms with Crippen LogP contribution in [0.2, 0.25) is 0 Å². The maximum absolute atomic E-state index is 11.9. The molecule has 5 heteroatoms. The van der Waals surface area contributed by atoms with E-state index < -0.39 is 0 Å². The number of piperidine rings is 1. The topological polar surface area (TPSA) is 35.6 Å². The van der Waals surface area contributed by atoms with Gasteiger partial charge in [0.2, 0.25) is 0 Å². The molecule has 3 fully saturated rings. The van der Waals surface area contributed by atoms with E-state index in [1.54, 1.807) is 11.9 Å². The highest BCUT2D eigenvalue weighted by atomic mass is 32.2. The van der Waals surface area contributed by atoms with Crippen LogP contribution in [0, 0.1) is 5.92 Å². The summed E-state index contributed by atoms with van der Waals surface area (Å²) in [5.41, 5.74) is 0. The zero-order valence-electron chi connectivity index (χ0n) is 10.3. The molecular formula is C11H21N3OS. The highest BCUT2D eigenvalue weighted by Crippen LogP contribution is 2.34. The highest BCUT2D eigenvalue weighted by molar-refractivity contribution is 7.96. The summed E-state index contributed by atoms with van der Waals surface area (Å²) in [7, 11) is 0. The molecule has 0 aromatic carbocycles. The number of nitrogens with one attached hydrogen (secondary N) is 1. The van der Waals surface area contributed by atoms with Gasteiger partial charge in [-0.05, 0) is 18.6 Å². The van der Waals surface area contributed by atoms with E-state index in [1.807, 2.05) is 4.90 Å². The molecule has 0 radical (unpaired) electrons. The van der Waals surface area contributed by atoms with Crippen molar-refractivity contribution >= 4 is 18.0 Å². The Morgan fingerprint density at radius 3 is 2.56 bits per heavy atom. The first-order valence-electron chi connectivity index (χ1n) is 5.97. The predicted octanol–water partition coefficient (Wildman–Crippen LogP) is 1.39. The van der Waals surface area contributed by atoms with Crippen molar-refractivity contribution in [2.24, 2.45) is 5.92 Å². The van der Waals surface area contributed by atoms with E-state index >= 15 is 0 Å². The first-order valence-corrected chi connectivity index (χ1v) is 7.15. The van der Waals surface area contributed by atoms with E-state index in [-0.39, 0.29) is 6.03 Å². The maximum atomic E-state index is 11.9. The third-order valence-corrected chi connectivity index (χ3v) is 4.13. The monoisotopic (exact) mass is 243 g/mol. The van der Waals surface area contributed by atoms with Crippen LogP contribution in [-0.4, -0.2) is 53.2 Å². The van der Waals surface area contributed by atoms with Crippen molar-refractivity contribution in [3.8, 4) is 0 Å². The fourth-order valence-corrected chi connectivity index (χ4v) is 3.08. The summed E-state index contributed by atoms with van der Waals surface area (Å²) in [4.78, 5) is 14.0. The molecule has 1 N–H and O–H groups in total. The summed E-state index contributed by atoms with van der Waals surface area (Å²) >= 11 is 1.79. The van der Waals surface area contributed by atoms with Crippen LogP contribution in [0.15, 0.2) is 0 Å². The smallest absolute Gasteiger partial charge is 0.318 e. The quantitative estimate of drug-likeness (QED) is 0.761. The minimum absolute atomic E-state index is 0.135. The molecule has 2 atom stereocenters. The second kappa shape index (κ2) is 4.84. The summed E-state index contributed by atoms with van der Waals surface area (Å²) in [6, 6.07) is 1.02. The number of carbonyl (C=O) groups excluding carboxylic acids is 1. The number of nitrogens with zero attached hydrogens (tertiary/aromatic N) is 2. The number of fused-ring (bicyclic) bond motifs is 2. The van der Waals surface area contributed by atoms with Gasteiger partial charge in [-0.2, -0.15) is 0 Å². The van der Waals surface area contributed by atoms with E-state index in [2.05, 4.69) is 29.7 Å². The van der Waals surface area contributed by atoms with Crippen molar-refractivity contribution in [3.05, 3.63) is 0 Å². The standard InChI is InChI=1S/C11H21N3OS/c1-8(2)5-12-11(15)14-9-4-10(14)7-13(6-9)16-3/h8-10H,4-7H2,1-3H3,(H,12,15). The molecule has 4 nitrogen and oxygen atoms in total. The molecule has 2 bridgehead atoms. The van der Waals surface area contributed by atoms with Gasteiger partial charge >= 0.3 is 6.03 Å². The van der Waals surface area contributed by atoms with Crippen LogP contribution in [0.5, 0.6) is 0 Å². The highest BCUT2D eigenvalue weighted by Gasteiger charge is 2.47. The Bertz CT molecular complexity index is 260. The minimum Gasteiger partial charge on any atom is -0.338 e. The van der Waals surface area contributed by atoms with Gasteiger partial charge in [-0.3, -0.25) is 0 Å². The average Bonchev–Trinajstić information content (AvgIpc) is 2.26. The van der Waals surface area contributed by atoms with Crippen molar-refractivity contribution in [1.29, 1.82) is 0 Å². The van der Waals surface area contributed by atoms with Crippen LogP contribution in [-0.2, 0) is 0 Å². The Kier molecular flexibility index (Phi) is 3.64. The van der Waals surface area contributed by atoms with Gasteiger partial charge in [0.15, 0.2) is 0 Å². The van der Waals surface area contributed by atoms with Gasteiger partial charge in [-0.1, -0.05) is 25.8 Å². The number of carbonyl (C=O) groups is 1. The van der Waals surface area contributed by atoms with Crippen LogP contribution >= 0.6 is 11.9 Å². The van der Waals surface area contributed by atoms with E-state index in [9.17, 15) is 4.79 Å². The SMILES string of the molecule is CSN1CC2CC(C1)N2C(=O)NCC(C)C. The van der Waals surface area contributed by atoms with Gasteiger partial charge in [0, 0.05) is 31.7 Å². The number of piperazine rings is 1. The number of urea groups is 1. The molecule has 16 heavy (non-hydrogen) atoms. The lowest BCUT2D eigenvalue weighted by atomic mass is 9.89. The van der Waals surface area contributed by atoms with Crippen LogP contribution in [0.3, 0.4) is 0 Å². The normalized spacial score (nSPS) is 29.1. The molecular weight excluding hydrogens is 222 g/mol. The molecule has 2 unspecified atom stereocenters. The number of hydrogen-bond donors (Lipinski definition) is 1. The third kappa shape index (κ3) is 2.30.